The molecule has 0 aliphatic carbocycles. The molecule has 94 valence electrons. The van der Waals surface area contributed by atoms with E-state index in [4.69, 9.17) is 15.3 Å². The van der Waals surface area contributed by atoms with Crippen LogP contribution in [-0.4, -0.2) is 17.1 Å². The SMILES string of the molecule is COc1ccccc1Oc1cc(C)nc(NN)n1. The van der Waals surface area contributed by atoms with Gasteiger partial charge in [-0.05, 0) is 19.1 Å². The van der Waals surface area contributed by atoms with Crippen LogP contribution in [0, 0.1) is 6.92 Å². The summed E-state index contributed by atoms with van der Waals surface area (Å²) in [5.74, 6) is 7.21. The van der Waals surface area contributed by atoms with Gasteiger partial charge in [-0.2, -0.15) is 4.98 Å². The number of ether oxygens (including phenoxy) is 2. The first kappa shape index (κ1) is 12.1. The molecule has 18 heavy (non-hydrogen) atoms. The lowest BCUT2D eigenvalue weighted by Crippen LogP contribution is -2.11. The first-order valence-electron chi connectivity index (χ1n) is 5.36. The Morgan fingerprint density at radius 2 is 1.89 bits per heavy atom. The summed E-state index contributed by atoms with van der Waals surface area (Å²) in [6, 6.07) is 9.04. The molecule has 0 saturated carbocycles. The van der Waals surface area contributed by atoms with E-state index < -0.39 is 0 Å². The lowest BCUT2D eigenvalue weighted by Gasteiger charge is -2.10. The summed E-state index contributed by atoms with van der Waals surface area (Å²) in [6.07, 6.45) is 0. The number of rotatable bonds is 4. The number of hydrogen-bond acceptors (Lipinski definition) is 6. The average Bonchev–Trinajstić information content (AvgIpc) is 2.38. The van der Waals surface area contributed by atoms with Crippen LogP contribution in [0.25, 0.3) is 0 Å². The van der Waals surface area contributed by atoms with Gasteiger partial charge in [-0.15, -0.1) is 0 Å². The number of aryl methyl sites for hydroxylation is 1. The van der Waals surface area contributed by atoms with Crippen molar-refractivity contribution in [1.82, 2.24) is 9.97 Å². The molecule has 6 heteroatoms. The number of nitrogens with one attached hydrogen (secondary N) is 1. The number of nitrogens with two attached hydrogens (primary N) is 1. The third-order valence-electron chi connectivity index (χ3n) is 2.24. The molecule has 1 aromatic carbocycles. The second kappa shape index (κ2) is 5.33. The maximum absolute atomic E-state index is 5.65. The van der Waals surface area contributed by atoms with Gasteiger partial charge in [-0.3, -0.25) is 5.43 Å². The molecule has 0 radical (unpaired) electrons. The normalized spacial score (nSPS) is 9.94. The number of nitrogen functional groups attached to an aromatic ring is 1. The van der Waals surface area contributed by atoms with Crippen molar-refractivity contribution in [1.29, 1.82) is 0 Å². The molecule has 2 rings (SSSR count). The molecule has 0 spiro atoms. The number of aromatic nitrogens is 2. The second-order valence-corrected chi connectivity index (χ2v) is 3.57. The highest BCUT2D eigenvalue weighted by atomic mass is 16.5. The van der Waals surface area contributed by atoms with Crippen molar-refractivity contribution in [3.05, 3.63) is 36.0 Å². The molecular weight excluding hydrogens is 232 g/mol. The van der Waals surface area contributed by atoms with Crippen LogP contribution >= 0.6 is 0 Å². The fourth-order valence-corrected chi connectivity index (χ4v) is 1.47. The zero-order valence-electron chi connectivity index (χ0n) is 10.2. The van der Waals surface area contributed by atoms with Crippen LogP contribution in [0.5, 0.6) is 17.4 Å². The zero-order chi connectivity index (χ0) is 13.0. The lowest BCUT2D eigenvalue weighted by molar-refractivity contribution is 0.374. The molecule has 0 bridgehead atoms. The Kier molecular flexibility index (Phi) is 3.59. The largest absolute Gasteiger partial charge is 0.493 e. The lowest BCUT2D eigenvalue weighted by atomic mass is 10.3. The molecule has 6 nitrogen and oxygen atoms in total. The Bertz CT molecular complexity index is 545. The zero-order valence-corrected chi connectivity index (χ0v) is 10.2. The van der Waals surface area contributed by atoms with Crippen molar-refractivity contribution in [2.75, 3.05) is 12.5 Å². The molecular formula is C12H14N4O2. The van der Waals surface area contributed by atoms with Crippen LogP contribution in [0.1, 0.15) is 5.69 Å². The Morgan fingerprint density at radius 3 is 2.56 bits per heavy atom. The molecule has 0 fully saturated rings. The maximum Gasteiger partial charge on any atom is 0.240 e. The monoisotopic (exact) mass is 246 g/mol. The minimum absolute atomic E-state index is 0.305. The van der Waals surface area contributed by atoms with E-state index in [1.54, 1.807) is 19.2 Å². The quantitative estimate of drug-likeness (QED) is 0.633. The summed E-state index contributed by atoms with van der Waals surface area (Å²) in [5, 5.41) is 0. The number of hydrazine groups is 1. The summed E-state index contributed by atoms with van der Waals surface area (Å²) in [6.45, 7) is 1.83. The topological polar surface area (TPSA) is 82.3 Å². The molecule has 0 saturated heterocycles. The molecule has 0 unspecified atom stereocenters. The van der Waals surface area contributed by atoms with Crippen LogP contribution in [0.2, 0.25) is 0 Å². The first-order valence-corrected chi connectivity index (χ1v) is 5.36. The van der Waals surface area contributed by atoms with Crippen molar-refractivity contribution < 1.29 is 9.47 Å². The van der Waals surface area contributed by atoms with E-state index >= 15 is 0 Å². The molecule has 0 atom stereocenters. The summed E-state index contributed by atoms with van der Waals surface area (Å²) < 4.78 is 10.8. The number of hydrogen-bond donors (Lipinski definition) is 2. The molecule has 0 aliphatic rings. The summed E-state index contributed by atoms with van der Waals surface area (Å²) in [4.78, 5) is 8.18. The van der Waals surface area contributed by atoms with Crippen LogP contribution in [-0.2, 0) is 0 Å². The Morgan fingerprint density at radius 1 is 1.17 bits per heavy atom. The standard InChI is InChI=1S/C12H14N4O2/c1-8-7-11(15-12(14-8)16-13)18-10-6-4-3-5-9(10)17-2/h3-7H,13H2,1-2H3,(H,14,15,16). The van der Waals surface area contributed by atoms with Crippen LogP contribution < -0.4 is 20.7 Å². The molecule has 0 aliphatic heterocycles. The van der Waals surface area contributed by atoms with Gasteiger partial charge in [0, 0.05) is 11.8 Å². The molecule has 3 N–H and O–H groups in total. The van der Waals surface area contributed by atoms with E-state index in [0.29, 0.717) is 23.3 Å². The third kappa shape index (κ3) is 2.67. The van der Waals surface area contributed by atoms with Crippen molar-refractivity contribution in [2.24, 2.45) is 5.84 Å². The van der Waals surface area contributed by atoms with Gasteiger partial charge in [0.2, 0.25) is 11.8 Å². The van der Waals surface area contributed by atoms with Gasteiger partial charge in [0.1, 0.15) is 0 Å². The van der Waals surface area contributed by atoms with E-state index in [-0.39, 0.29) is 0 Å². The predicted octanol–water partition coefficient (Wildman–Crippen LogP) is 1.87. The Labute approximate surface area is 105 Å². The number of nitrogens with zero attached hydrogens (tertiary/aromatic N) is 2. The summed E-state index contributed by atoms with van der Waals surface area (Å²) >= 11 is 0. The highest BCUT2D eigenvalue weighted by molar-refractivity contribution is 5.42. The van der Waals surface area contributed by atoms with Gasteiger partial charge in [0.15, 0.2) is 11.5 Å². The van der Waals surface area contributed by atoms with Crippen molar-refractivity contribution >= 4 is 5.95 Å². The molecule has 0 amide bonds. The van der Waals surface area contributed by atoms with Gasteiger partial charge in [0.25, 0.3) is 0 Å². The van der Waals surface area contributed by atoms with Crippen molar-refractivity contribution in [3.63, 3.8) is 0 Å². The van der Waals surface area contributed by atoms with Crippen LogP contribution in [0.4, 0.5) is 5.95 Å². The number of para-hydroxylation sites is 2. The Hall–Kier alpha value is -2.34. The predicted molar refractivity (Wildman–Crippen MR) is 67.6 cm³/mol. The summed E-state index contributed by atoms with van der Waals surface area (Å²) in [7, 11) is 1.58. The fourth-order valence-electron chi connectivity index (χ4n) is 1.47. The average molecular weight is 246 g/mol. The first-order chi connectivity index (χ1) is 8.72. The highest BCUT2D eigenvalue weighted by Gasteiger charge is 2.07. The second-order valence-electron chi connectivity index (χ2n) is 3.57. The third-order valence-corrected chi connectivity index (χ3v) is 2.24. The minimum atomic E-state index is 0.305. The smallest absolute Gasteiger partial charge is 0.240 e. The highest BCUT2D eigenvalue weighted by Crippen LogP contribution is 2.30. The van der Waals surface area contributed by atoms with Gasteiger partial charge >= 0.3 is 0 Å². The molecule has 1 aromatic heterocycles. The number of anilines is 1. The van der Waals surface area contributed by atoms with E-state index in [1.807, 2.05) is 25.1 Å². The summed E-state index contributed by atoms with van der Waals surface area (Å²) in [5.41, 5.74) is 3.14. The van der Waals surface area contributed by atoms with E-state index in [2.05, 4.69) is 15.4 Å². The van der Waals surface area contributed by atoms with Gasteiger partial charge in [-0.25, -0.2) is 10.8 Å². The van der Waals surface area contributed by atoms with Gasteiger partial charge in [0.05, 0.1) is 7.11 Å². The van der Waals surface area contributed by atoms with E-state index in [1.165, 1.54) is 0 Å². The fraction of sp³-hybridized carbons (Fsp3) is 0.167. The van der Waals surface area contributed by atoms with Crippen molar-refractivity contribution in [3.8, 4) is 17.4 Å². The van der Waals surface area contributed by atoms with Crippen LogP contribution in [0.15, 0.2) is 30.3 Å². The maximum atomic E-state index is 5.65. The number of benzene rings is 1. The molecule has 1 heterocycles. The van der Waals surface area contributed by atoms with E-state index in [0.717, 1.165) is 5.69 Å². The van der Waals surface area contributed by atoms with Crippen LogP contribution in [0.3, 0.4) is 0 Å². The van der Waals surface area contributed by atoms with E-state index in [9.17, 15) is 0 Å². The van der Waals surface area contributed by atoms with Gasteiger partial charge < -0.3 is 9.47 Å². The minimum Gasteiger partial charge on any atom is -0.493 e. The van der Waals surface area contributed by atoms with Gasteiger partial charge in [-0.1, -0.05) is 12.1 Å². The Balaban J connectivity index is 2.30. The number of methoxy groups -OCH3 is 1. The van der Waals surface area contributed by atoms with Crippen molar-refractivity contribution in [2.45, 2.75) is 6.92 Å². The molecule has 2 aromatic rings.